The highest BCUT2D eigenvalue weighted by atomic mass is 35.5. The number of nitrogens with one attached hydrogen (secondary N) is 1. The summed E-state index contributed by atoms with van der Waals surface area (Å²) in [6.07, 6.45) is 1.13. The molecular weight excluding hydrogens is 240 g/mol. The zero-order chi connectivity index (χ0) is 12.1. The van der Waals surface area contributed by atoms with Crippen LogP contribution in [0.2, 0.25) is 5.02 Å². The fourth-order valence-corrected chi connectivity index (χ4v) is 1.90. The van der Waals surface area contributed by atoms with Crippen LogP contribution < -0.4 is 11.1 Å². The summed E-state index contributed by atoms with van der Waals surface area (Å²) < 4.78 is 0. The molecule has 0 aliphatic carbocycles. The normalized spacial score (nSPS) is 12.2. The number of anilines is 1. The van der Waals surface area contributed by atoms with Crippen molar-refractivity contribution >= 4 is 34.5 Å². The van der Waals surface area contributed by atoms with Crippen LogP contribution in [0, 0.1) is 5.92 Å². The largest absolute Gasteiger partial charge is 0.389 e. The Labute approximate surface area is 107 Å². The Morgan fingerprint density at radius 2 is 2.25 bits per heavy atom. The van der Waals surface area contributed by atoms with Crippen molar-refractivity contribution < 1.29 is 0 Å². The van der Waals surface area contributed by atoms with Gasteiger partial charge in [0.1, 0.15) is 4.99 Å². The summed E-state index contributed by atoms with van der Waals surface area (Å²) in [5.74, 6) is 0.609. The van der Waals surface area contributed by atoms with Crippen molar-refractivity contribution in [1.29, 1.82) is 0 Å². The van der Waals surface area contributed by atoms with E-state index in [1.807, 2.05) is 12.1 Å². The van der Waals surface area contributed by atoms with Gasteiger partial charge in [0.05, 0.1) is 10.6 Å². The zero-order valence-corrected chi connectivity index (χ0v) is 11.2. The molecule has 0 spiro atoms. The lowest BCUT2D eigenvalue weighted by Gasteiger charge is -2.15. The Hall–Kier alpha value is -0.800. The highest BCUT2D eigenvalue weighted by Crippen LogP contribution is 2.24. The molecule has 1 atom stereocenters. The predicted octanol–water partition coefficient (Wildman–Crippen LogP) is 3.43. The van der Waals surface area contributed by atoms with Crippen LogP contribution in [-0.4, -0.2) is 11.5 Å². The maximum atomic E-state index is 6.07. The van der Waals surface area contributed by atoms with E-state index in [0.29, 0.717) is 15.9 Å². The Balaban J connectivity index is 2.87. The molecule has 1 unspecified atom stereocenters. The number of nitrogens with two attached hydrogens (primary N) is 1. The lowest BCUT2D eigenvalue weighted by atomic mass is 10.1. The van der Waals surface area contributed by atoms with Crippen LogP contribution in [0.15, 0.2) is 18.2 Å². The van der Waals surface area contributed by atoms with Gasteiger partial charge in [0.2, 0.25) is 0 Å². The summed E-state index contributed by atoms with van der Waals surface area (Å²) in [7, 11) is 0. The molecule has 0 fully saturated rings. The minimum atomic E-state index is 0.331. The second kappa shape index (κ2) is 6.06. The second-order valence-electron chi connectivity index (χ2n) is 3.92. The van der Waals surface area contributed by atoms with E-state index in [0.717, 1.165) is 24.2 Å². The van der Waals surface area contributed by atoms with E-state index in [1.165, 1.54) is 0 Å². The molecule has 0 radical (unpaired) electrons. The first-order chi connectivity index (χ1) is 7.56. The maximum absolute atomic E-state index is 6.07. The van der Waals surface area contributed by atoms with Crippen LogP contribution in [0.3, 0.4) is 0 Å². The smallest absolute Gasteiger partial charge is 0.107 e. The predicted molar refractivity (Wildman–Crippen MR) is 75.3 cm³/mol. The van der Waals surface area contributed by atoms with E-state index in [1.54, 1.807) is 6.07 Å². The first-order valence-corrected chi connectivity index (χ1v) is 6.17. The summed E-state index contributed by atoms with van der Waals surface area (Å²) in [5.41, 5.74) is 7.32. The Bertz CT molecular complexity index is 379. The first-order valence-electron chi connectivity index (χ1n) is 5.38. The molecule has 0 amide bonds. The molecule has 0 heterocycles. The average Bonchev–Trinajstić information content (AvgIpc) is 2.25. The highest BCUT2D eigenvalue weighted by Gasteiger charge is 2.09. The van der Waals surface area contributed by atoms with Gasteiger partial charge in [-0.15, -0.1) is 0 Å². The van der Waals surface area contributed by atoms with Crippen LogP contribution in [0.4, 0.5) is 5.69 Å². The van der Waals surface area contributed by atoms with Gasteiger partial charge in [-0.05, 0) is 18.1 Å². The SMILES string of the molecule is CCC(C)CNc1cccc(Cl)c1C(N)=S. The number of benzene rings is 1. The van der Waals surface area contributed by atoms with Gasteiger partial charge in [-0.3, -0.25) is 0 Å². The van der Waals surface area contributed by atoms with Gasteiger partial charge in [0, 0.05) is 12.2 Å². The molecule has 0 aromatic heterocycles. The molecule has 1 aromatic rings. The average molecular weight is 257 g/mol. The second-order valence-corrected chi connectivity index (χ2v) is 4.77. The van der Waals surface area contributed by atoms with Crippen LogP contribution in [0.25, 0.3) is 0 Å². The van der Waals surface area contributed by atoms with E-state index < -0.39 is 0 Å². The lowest BCUT2D eigenvalue weighted by Crippen LogP contribution is -2.16. The molecule has 1 rings (SSSR count). The maximum Gasteiger partial charge on any atom is 0.107 e. The molecule has 0 saturated heterocycles. The Kier molecular flexibility index (Phi) is 5.03. The van der Waals surface area contributed by atoms with Gasteiger partial charge in [0.15, 0.2) is 0 Å². The fraction of sp³-hybridized carbons (Fsp3) is 0.417. The molecule has 88 valence electrons. The first kappa shape index (κ1) is 13.3. The third-order valence-electron chi connectivity index (χ3n) is 2.60. The quantitative estimate of drug-likeness (QED) is 0.793. The molecule has 0 bridgehead atoms. The molecule has 1 aromatic carbocycles. The van der Waals surface area contributed by atoms with Crippen LogP contribution in [0.5, 0.6) is 0 Å². The van der Waals surface area contributed by atoms with E-state index in [4.69, 9.17) is 29.6 Å². The molecule has 0 saturated carbocycles. The van der Waals surface area contributed by atoms with Crippen molar-refractivity contribution in [3.05, 3.63) is 28.8 Å². The standard InChI is InChI=1S/C12H17ClN2S/c1-3-8(2)7-15-10-6-4-5-9(13)11(10)12(14)16/h4-6,8,15H,3,7H2,1-2H3,(H2,14,16). The highest BCUT2D eigenvalue weighted by molar-refractivity contribution is 7.80. The van der Waals surface area contributed by atoms with Gasteiger partial charge in [-0.2, -0.15) is 0 Å². The molecule has 3 N–H and O–H groups in total. The van der Waals surface area contributed by atoms with Crippen molar-refractivity contribution in [2.45, 2.75) is 20.3 Å². The van der Waals surface area contributed by atoms with Crippen molar-refractivity contribution in [3.8, 4) is 0 Å². The van der Waals surface area contributed by atoms with Gasteiger partial charge in [-0.25, -0.2) is 0 Å². The number of halogens is 1. The van der Waals surface area contributed by atoms with Gasteiger partial charge < -0.3 is 11.1 Å². The van der Waals surface area contributed by atoms with Crippen molar-refractivity contribution in [1.82, 2.24) is 0 Å². The summed E-state index contributed by atoms with van der Waals surface area (Å²) in [4.78, 5) is 0.331. The van der Waals surface area contributed by atoms with Gasteiger partial charge >= 0.3 is 0 Å². The van der Waals surface area contributed by atoms with E-state index in [-0.39, 0.29) is 0 Å². The van der Waals surface area contributed by atoms with Gasteiger partial charge in [0.25, 0.3) is 0 Å². The zero-order valence-electron chi connectivity index (χ0n) is 9.59. The number of rotatable bonds is 5. The molecule has 0 aliphatic heterocycles. The number of hydrogen-bond acceptors (Lipinski definition) is 2. The van der Waals surface area contributed by atoms with Crippen molar-refractivity contribution in [2.75, 3.05) is 11.9 Å². The van der Waals surface area contributed by atoms with Crippen molar-refractivity contribution in [2.24, 2.45) is 11.7 Å². The third-order valence-corrected chi connectivity index (χ3v) is 3.12. The lowest BCUT2D eigenvalue weighted by molar-refractivity contribution is 0.593. The topological polar surface area (TPSA) is 38.0 Å². The van der Waals surface area contributed by atoms with E-state index >= 15 is 0 Å². The van der Waals surface area contributed by atoms with Crippen LogP contribution in [-0.2, 0) is 0 Å². The minimum Gasteiger partial charge on any atom is -0.389 e. The fourth-order valence-electron chi connectivity index (χ4n) is 1.35. The van der Waals surface area contributed by atoms with E-state index in [9.17, 15) is 0 Å². The van der Waals surface area contributed by atoms with Gasteiger partial charge in [-0.1, -0.05) is 50.2 Å². The third kappa shape index (κ3) is 3.35. The number of thiocarbonyl (C=S) groups is 1. The minimum absolute atomic E-state index is 0.331. The van der Waals surface area contributed by atoms with Crippen LogP contribution >= 0.6 is 23.8 Å². The summed E-state index contributed by atoms with van der Waals surface area (Å²) in [5, 5.41) is 3.93. The van der Waals surface area contributed by atoms with Crippen LogP contribution in [0.1, 0.15) is 25.8 Å². The Morgan fingerprint density at radius 3 is 2.81 bits per heavy atom. The van der Waals surface area contributed by atoms with Crippen molar-refractivity contribution in [3.63, 3.8) is 0 Å². The number of hydrogen-bond donors (Lipinski definition) is 2. The summed E-state index contributed by atoms with van der Waals surface area (Å²) >= 11 is 11.1. The molecule has 2 nitrogen and oxygen atoms in total. The van der Waals surface area contributed by atoms with E-state index in [2.05, 4.69) is 19.2 Å². The molecule has 0 aliphatic rings. The summed E-state index contributed by atoms with van der Waals surface area (Å²) in [6, 6.07) is 5.64. The molecule has 16 heavy (non-hydrogen) atoms. The molecular formula is C12H17ClN2S. The Morgan fingerprint density at radius 1 is 1.56 bits per heavy atom. The summed E-state index contributed by atoms with van der Waals surface area (Å²) in [6.45, 7) is 5.25. The molecule has 4 heteroatoms. The monoisotopic (exact) mass is 256 g/mol.